The van der Waals surface area contributed by atoms with E-state index < -0.39 is 23.6 Å². The van der Waals surface area contributed by atoms with Crippen LogP contribution in [-0.4, -0.2) is 32.8 Å². The Kier molecular flexibility index (Phi) is 6.03. The number of nitrogens with one attached hydrogen (secondary N) is 1. The first kappa shape index (κ1) is 22.0. The highest BCUT2D eigenvalue weighted by Crippen LogP contribution is 2.36. The lowest BCUT2D eigenvalue weighted by Gasteiger charge is -2.27. The Labute approximate surface area is 183 Å². The third kappa shape index (κ3) is 4.53. The van der Waals surface area contributed by atoms with Crippen LogP contribution in [0.4, 0.5) is 18.9 Å². The molecule has 2 heterocycles. The van der Waals surface area contributed by atoms with Crippen LogP contribution in [0.2, 0.25) is 0 Å². The Morgan fingerprint density at radius 2 is 2.00 bits per heavy atom. The van der Waals surface area contributed by atoms with Crippen LogP contribution in [0.3, 0.4) is 0 Å². The molecule has 10 heteroatoms. The molecule has 0 aliphatic heterocycles. The SMILES string of the molecule is CCC1CCC(n2cc3cc(NC(=O)c4ccnc(C(F)(F)F)n4)c(OC)cc3n2)CC1. The standard InChI is InChI=1S/C22H24F3N5O2/c1-3-13-4-6-15(7-5-13)30-12-14-10-18(19(32-2)11-17(14)29-30)27-20(31)16-8-9-26-21(28-16)22(23,24)25/h8-13,15H,3-7H2,1-2H3,(H,27,31). The minimum absolute atomic E-state index is 0.325. The molecular weight excluding hydrogens is 423 g/mol. The van der Waals surface area contributed by atoms with Gasteiger partial charge in [-0.15, -0.1) is 0 Å². The molecule has 170 valence electrons. The second-order valence-corrected chi connectivity index (χ2v) is 8.02. The fourth-order valence-electron chi connectivity index (χ4n) is 4.15. The van der Waals surface area contributed by atoms with Crippen molar-refractivity contribution in [2.45, 2.75) is 51.2 Å². The summed E-state index contributed by atoms with van der Waals surface area (Å²) in [4.78, 5) is 19.1. The van der Waals surface area contributed by atoms with E-state index in [0.717, 1.165) is 41.9 Å². The predicted molar refractivity (Wildman–Crippen MR) is 113 cm³/mol. The number of hydrogen-bond acceptors (Lipinski definition) is 5. The molecule has 2 aromatic heterocycles. The lowest BCUT2D eigenvalue weighted by Crippen LogP contribution is -2.18. The number of fused-ring (bicyclic) bond motifs is 1. The Hall–Kier alpha value is -3.17. The van der Waals surface area contributed by atoms with Gasteiger partial charge in [-0.05, 0) is 43.7 Å². The zero-order chi connectivity index (χ0) is 22.9. The summed E-state index contributed by atoms with van der Waals surface area (Å²) < 4.78 is 45.9. The fraction of sp³-hybridized carbons (Fsp3) is 0.455. The first-order chi connectivity index (χ1) is 15.3. The first-order valence-electron chi connectivity index (χ1n) is 10.6. The van der Waals surface area contributed by atoms with Gasteiger partial charge in [0.1, 0.15) is 11.4 Å². The maximum absolute atomic E-state index is 12.9. The van der Waals surface area contributed by atoms with Crippen molar-refractivity contribution in [2.24, 2.45) is 5.92 Å². The summed E-state index contributed by atoms with van der Waals surface area (Å²) in [5.74, 6) is -1.03. The fourth-order valence-corrected chi connectivity index (χ4v) is 4.15. The van der Waals surface area contributed by atoms with Gasteiger partial charge in [0.15, 0.2) is 0 Å². The monoisotopic (exact) mass is 447 g/mol. The van der Waals surface area contributed by atoms with E-state index in [1.54, 1.807) is 12.1 Å². The van der Waals surface area contributed by atoms with Gasteiger partial charge in [-0.1, -0.05) is 13.3 Å². The van der Waals surface area contributed by atoms with Crippen LogP contribution in [0.25, 0.3) is 10.9 Å². The number of carbonyl (C=O) groups excluding carboxylic acids is 1. The van der Waals surface area contributed by atoms with Gasteiger partial charge in [0, 0.05) is 23.8 Å². The van der Waals surface area contributed by atoms with E-state index in [0.29, 0.717) is 17.5 Å². The van der Waals surface area contributed by atoms with Crippen molar-refractivity contribution in [1.82, 2.24) is 19.7 Å². The highest BCUT2D eigenvalue weighted by molar-refractivity contribution is 6.05. The molecule has 4 rings (SSSR count). The molecule has 0 unspecified atom stereocenters. The molecule has 0 bridgehead atoms. The van der Waals surface area contributed by atoms with Crippen LogP contribution in [0, 0.1) is 5.92 Å². The summed E-state index contributed by atoms with van der Waals surface area (Å²) in [7, 11) is 1.45. The second kappa shape index (κ2) is 8.76. The molecule has 1 aliphatic carbocycles. The molecule has 7 nitrogen and oxygen atoms in total. The number of benzene rings is 1. The zero-order valence-corrected chi connectivity index (χ0v) is 17.8. The largest absolute Gasteiger partial charge is 0.494 e. The maximum Gasteiger partial charge on any atom is 0.451 e. The van der Waals surface area contributed by atoms with Gasteiger partial charge < -0.3 is 10.1 Å². The van der Waals surface area contributed by atoms with Gasteiger partial charge in [0.25, 0.3) is 5.91 Å². The topological polar surface area (TPSA) is 81.9 Å². The Bertz CT molecular complexity index is 1120. The van der Waals surface area contributed by atoms with Crippen molar-refractivity contribution < 1.29 is 22.7 Å². The van der Waals surface area contributed by atoms with E-state index in [2.05, 4.69) is 22.2 Å². The summed E-state index contributed by atoms with van der Waals surface area (Å²) in [5.41, 5.74) is 0.656. The Morgan fingerprint density at radius 1 is 1.25 bits per heavy atom. The summed E-state index contributed by atoms with van der Waals surface area (Å²) in [6.45, 7) is 2.22. The summed E-state index contributed by atoms with van der Waals surface area (Å²) in [6, 6.07) is 4.87. The van der Waals surface area contributed by atoms with Gasteiger partial charge in [-0.3, -0.25) is 9.48 Å². The third-order valence-electron chi connectivity index (χ3n) is 6.00. The molecule has 1 amide bonds. The zero-order valence-electron chi connectivity index (χ0n) is 17.8. The van der Waals surface area contributed by atoms with Gasteiger partial charge in [-0.25, -0.2) is 9.97 Å². The molecule has 1 aromatic carbocycles. The lowest BCUT2D eigenvalue weighted by atomic mass is 9.85. The smallest absolute Gasteiger partial charge is 0.451 e. The number of halogens is 3. The van der Waals surface area contributed by atoms with Crippen molar-refractivity contribution in [3.05, 3.63) is 42.1 Å². The molecule has 0 saturated heterocycles. The van der Waals surface area contributed by atoms with E-state index in [4.69, 9.17) is 9.84 Å². The van der Waals surface area contributed by atoms with Crippen molar-refractivity contribution in [1.29, 1.82) is 0 Å². The number of carbonyl (C=O) groups is 1. The number of rotatable bonds is 5. The van der Waals surface area contributed by atoms with E-state index >= 15 is 0 Å². The minimum Gasteiger partial charge on any atom is -0.494 e. The molecule has 0 spiro atoms. The van der Waals surface area contributed by atoms with Crippen molar-refractivity contribution >= 4 is 22.5 Å². The van der Waals surface area contributed by atoms with E-state index in [-0.39, 0.29) is 0 Å². The van der Waals surface area contributed by atoms with E-state index in [1.807, 2.05) is 10.9 Å². The number of ether oxygens (including phenoxy) is 1. The molecule has 3 aromatic rings. The highest BCUT2D eigenvalue weighted by atomic mass is 19.4. The molecule has 0 atom stereocenters. The molecule has 1 aliphatic rings. The van der Waals surface area contributed by atoms with Crippen LogP contribution in [0.15, 0.2) is 30.6 Å². The Balaban J connectivity index is 1.58. The number of aromatic nitrogens is 4. The van der Waals surface area contributed by atoms with Crippen LogP contribution in [0.5, 0.6) is 5.75 Å². The number of anilines is 1. The molecular formula is C22H24F3N5O2. The van der Waals surface area contributed by atoms with Crippen LogP contribution < -0.4 is 10.1 Å². The van der Waals surface area contributed by atoms with Crippen molar-refractivity contribution in [3.8, 4) is 5.75 Å². The quantitative estimate of drug-likeness (QED) is 0.578. The van der Waals surface area contributed by atoms with Gasteiger partial charge in [0.2, 0.25) is 5.82 Å². The van der Waals surface area contributed by atoms with Gasteiger partial charge >= 0.3 is 6.18 Å². The van der Waals surface area contributed by atoms with Gasteiger partial charge in [-0.2, -0.15) is 18.3 Å². The summed E-state index contributed by atoms with van der Waals surface area (Å²) in [5, 5.41) is 8.09. The first-order valence-corrected chi connectivity index (χ1v) is 10.6. The highest BCUT2D eigenvalue weighted by Gasteiger charge is 2.35. The van der Waals surface area contributed by atoms with Crippen LogP contribution >= 0.6 is 0 Å². The number of amides is 1. The molecule has 32 heavy (non-hydrogen) atoms. The van der Waals surface area contributed by atoms with E-state index in [1.165, 1.54) is 26.4 Å². The normalized spacial score (nSPS) is 19.2. The maximum atomic E-state index is 12.9. The number of nitrogens with zero attached hydrogens (tertiary/aromatic N) is 4. The average Bonchev–Trinajstić information content (AvgIpc) is 3.21. The molecule has 1 N–H and O–H groups in total. The molecule has 1 fully saturated rings. The second-order valence-electron chi connectivity index (χ2n) is 8.02. The van der Waals surface area contributed by atoms with Crippen LogP contribution in [0.1, 0.15) is 61.4 Å². The van der Waals surface area contributed by atoms with Crippen molar-refractivity contribution in [3.63, 3.8) is 0 Å². The molecule has 1 saturated carbocycles. The minimum atomic E-state index is -4.74. The lowest BCUT2D eigenvalue weighted by molar-refractivity contribution is -0.145. The third-order valence-corrected chi connectivity index (χ3v) is 6.00. The van der Waals surface area contributed by atoms with Crippen molar-refractivity contribution in [2.75, 3.05) is 12.4 Å². The molecule has 0 radical (unpaired) electrons. The summed E-state index contributed by atoms with van der Waals surface area (Å²) in [6.07, 6.45) is 3.81. The number of alkyl halides is 3. The summed E-state index contributed by atoms with van der Waals surface area (Å²) >= 11 is 0. The number of hydrogen-bond donors (Lipinski definition) is 1. The predicted octanol–water partition coefficient (Wildman–Crippen LogP) is 5.25. The van der Waals surface area contributed by atoms with Crippen LogP contribution in [-0.2, 0) is 6.18 Å². The van der Waals surface area contributed by atoms with E-state index in [9.17, 15) is 18.0 Å². The Morgan fingerprint density at radius 3 is 2.66 bits per heavy atom. The van der Waals surface area contributed by atoms with Gasteiger partial charge in [0.05, 0.1) is 24.4 Å². The average molecular weight is 447 g/mol. The number of methoxy groups -OCH3 is 1.